The van der Waals surface area contributed by atoms with Gasteiger partial charge in [-0.25, -0.2) is 4.79 Å². The predicted octanol–water partition coefficient (Wildman–Crippen LogP) is 5.68. The predicted molar refractivity (Wildman–Crippen MR) is 138 cm³/mol. The van der Waals surface area contributed by atoms with E-state index < -0.39 is 29.5 Å². The Labute approximate surface area is 219 Å². The number of hydrogen-bond acceptors (Lipinski definition) is 6. The van der Waals surface area contributed by atoms with Gasteiger partial charge in [0.25, 0.3) is 5.91 Å². The molecule has 186 valence electrons. The second-order valence-electron chi connectivity index (χ2n) is 8.50. The van der Waals surface area contributed by atoms with E-state index in [1.54, 1.807) is 60.7 Å². The molecule has 1 aromatic heterocycles. The third-order valence-corrected chi connectivity index (χ3v) is 6.71. The number of carboxylic acid groups (broad SMARTS) is 1. The van der Waals surface area contributed by atoms with E-state index >= 15 is 0 Å². The number of aliphatic hydroxyl groups is 1. The minimum atomic E-state index is -1.07. The second-order valence-corrected chi connectivity index (χ2v) is 9.41. The van der Waals surface area contributed by atoms with Gasteiger partial charge in [-0.2, -0.15) is 0 Å². The Bertz CT molecular complexity index is 1590. The highest BCUT2D eigenvalue weighted by molar-refractivity contribution is 9.10. The van der Waals surface area contributed by atoms with Crippen molar-refractivity contribution < 1.29 is 33.8 Å². The third-order valence-electron chi connectivity index (χ3n) is 6.21. The molecule has 2 N–H and O–H groups in total. The molecule has 0 fully saturated rings. The van der Waals surface area contributed by atoms with Crippen LogP contribution in [0, 0.1) is 0 Å². The number of methoxy groups -OCH3 is 1. The zero-order chi connectivity index (χ0) is 26.3. The Hall–Kier alpha value is -4.37. The van der Waals surface area contributed by atoms with Crippen molar-refractivity contribution in [2.24, 2.45) is 0 Å². The molecule has 5 rings (SSSR count). The summed E-state index contributed by atoms with van der Waals surface area (Å²) in [6, 6.07) is 18.9. The third kappa shape index (κ3) is 4.49. The molecule has 0 saturated heterocycles. The molecular weight excluding hydrogens is 542 g/mol. The zero-order valence-electron chi connectivity index (χ0n) is 19.5. The van der Waals surface area contributed by atoms with Crippen LogP contribution in [0.2, 0.25) is 0 Å². The highest BCUT2D eigenvalue weighted by Gasteiger charge is 2.44. The first kappa shape index (κ1) is 24.3. The number of hydrogen-bond donors (Lipinski definition) is 2. The number of rotatable bonds is 7. The van der Waals surface area contributed by atoms with Gasteiger partial charge in [0.2, 0.25) is 5.78 Å². The average molecular weight is 562 g/mol. The molecule has 1 aliphatic rings. The number of fused-ring (bicyclic) bond motifs is 1. The van der Waals surface area contributed by atoms with Crippen molar-refractivity contribution in [1.82, 2.24) is 4.90 Å². The summed E-state index contributed by atoms with van der Waals surface area (Å²) in [6.45, 7) is 0.0223. The van der Waals surface area contributed by atoms with Crippen LogP contribution in [0.15, 0.2) is 93.0 Å². The van der Waals surface area contributed by atoms with Gasteiger partial charge in [0.1, 0.15) is 11.3 Å². The maximum Gasteiger partial charge on any atom is 0.335 e. The summed E-state index contributed by atoms with van der Waals surface area (Å²) in [5, 5.41) is 20.8. The number of Topliss-reactive ketones (excluding diaryl/α,β-unsaturated/α-hetero) is 1. The van der Waals surface area contributed by atoms with E-state index in [2.05, 4.69) is 15.9 Å². The van der Waals surface area contributed by atoms with Gasteiger partial charge in [0.15, 0.2) is 11.5 Å². The van der Waals surface area contributed by atoms with Gasteiger partial charge in [0, 0.05) is 16.4 Å². The van der Waals surface area contributed by atoms with E-state index in [0.717, 1.165) is 4.47 Å². The first-order valence-electron chi connectivity index (χ1n) is 11.2. The largest absolute Gasteiger partial charge is 0.503 e. The summed E-state index contributed by atoms with van der Waals surface area (Å²) in [7, 11) is 1.51. The smallest absolute Gasteiger partial charge is 0.335 e. The summed E-state index contributed by atoms with van der Waals surface area (Å²) < 4.78 is 11.9. The molecule has 1 amide bonds. The van der Waals surface area contributed by atoms with Crippen molar-refractivity contribution >= 4 is 44.6 Å². The molecule has 1 unspecified atom stereocenters. The van der Waals surface area contributed by atoms with Crippen LogP contribution in [0.4, 0.5) is 0 Å². The fraction of sp³-hybridized carbons (Fsp3) is 0.107. The molecule has 37 heavy (non-hydrogen) atoms. The lowest BCUT2D eigenvalue weighted by Crippen LogP contribution is -2.30. The number of aliphatic hydroxyl groups excluding tert-OH is 1. The maximum atomic E-state index is 13.7. The summed E-state index contributed by atoms with van der Waals surface area (Å²) in [5.41, 5.74) is 1.67. The van der Waals surface area contributed by atoms with Crippen molar-refractivity contribution in [1.29, 1.82) is 0 Å². The van der Waals surface area contributed by atoms with E-state index in [1.807, 2.05) is 0 Å². The van der Waals surface area contributed by atoms with Crippen molar-refractivity contribution in [3.05, 3.63) is 111 Å². The zero-order valence-corrected chi connectivity index (χ0v) is 21.1. The SMILES string of the molecule is COc1cccc(C2C(C(=O)c3cc4cc(Br)ccc4o3)=C(O)C(=O)N2Cc2ccc(C(=O)O)cc2)c1. The minimum absolute atomic E-state index is 0.0111. The number of halogens is 1. The van der Waals surface area contributed by atoms with Crippen molar-refractivity contribution in [2.45, 2.75) is 12.6 Å². The maximum absolute atomic E-state index is 13.7. The van der Waals surface area contributed by atoms with Crippen LogP contribution < -0.4 is 4.74 Å². The molecule has 4 aromatic rings. The van der Waals surface area contributed by atoms with E-state index in [9.17, 15) is 24.6 Å². The highest BCUT2D eigenvalue weighted by atomic mass is 79.9. The van der Waals surface area contributed by atoms with E-state index in [0.29, 0.717) is 27.8 Å². The first-order valence-corrected chi connectivity index (χ1v) is 12.0. The fourth-order valence-corrected chi connectivity index (χ4v) is 4.79. The number of furan rings is 1. The number of nitrogens with zero attached hydrogens (tertiary/aromatic N) is 1. The summed E-state index contributed by atoms with van der Waals surface area (Å²) in [4.78, 5) is 39.6. The van der Waals surface area contributed by atoms with E-state index in [1.165, 1.54) is 24.1 Å². The van der Waals surface area contributed by atoms with Crippen molar-refractivity contribution in [3.8, 4) is 5.75 Å². The molecule has 0 spiro atoms. The Morgan fingerprint density at radius 1 is 1.05 bits per heavy atom. The lowest BCUT2D eigenvalue weighted by Gasteiger charge is -2.27. The molecule has 1 atom stereocenters. The number of amides is 1. The van der Waals surface area contributed by atoms with Crippen LogP contribution >= 0.6 is 15.9 Å². The Balaban J connectivity index is 1.58. The number of aromatic carboxylic acids is 1. The first-order chi connectivity index (χ1) is 17.8. The van der Waals surface area contributed by atoms with Crippen LogP contribution in [0.1, 0.15) is 38.1 Å². The van der Waals surface area contributed by atoms with Crippen molar-refractivity contribution in [2.75, 3.05) is 7.11 Å². The Kier molecular flexibility index (Phi) is 6.31. The molecule has 0 bridgehead atoms. The summed E-state index contributed by atoms with van der Waals surface area (Å²) in [6.07, 6.45) is 0. The number of carbonyl (C=O) groups is 3. The molecule has 3 aromatic carbocycles. The molecule has 9 heteroatoms. The summed E-state index contributed by atoms with van der Waals surface area (Å²) >= 11 is 3.40. The topological polar surface area (TPSA) is 117 Å². The quantitative estimate of drug-likeness (QED) is 0.278. The van der Waals surface area contributed by atoms with Crippen LogP contribution in [0.3, 0.4) is 0 Å². The van der Waals surface area contributed by atoms with Gasteiger partial charge in [-0.05, 0) is 59.7 Å². The molecular formula is C28H20BrNO7. The second kappa shape index (κ2) is 9.59. The normalized spacial score (nSPS) is 15.5. The lowest BCUT2D eigenvalue weighted by molar-refractivity contribution is -0.130. The van der Waals surface area contributed by atoms with Crippen molar-refractivity contribution in [3.63, 3.8) is 0 Å². The standard InChI is InChI=1S/C28H20BrNO7/c1-36-20-4-2-3-17(12-20)24-23(25(31)22-13-18-11-19(29)9-10-21(18)37-22)26(32)27(33)30(24)14-15-5-7-16(8-6-15)28(34)35/h2-13,24,32H,14H2,1H3,(H,34,35). The number of ether oxygens (including phenoxy) is 1. The van der Waals surface area contributed by atoms with E-state index in [-0.39, 0.29) is 23.4 Å². The van der Waals surface area contributed by atoms with E-state index in [4.69, 9.17) is 9.15 Å². The molecule has 0 aliphatic carbocycles. The molecule has 8 nitrogen and oxygen atoms in total. The molecule has 0 saturated carbocycles. The monoisotopic (exact) mass is 561 g/mol. The van der Waals surface area contributed by atoms with Gasteiger partial charge in [-0.15, -0.1) is 0 Å². The minimum Gasteiger partial charge on any atom is -0.503 e. The number of ketones is 1. The highest BCUT2D eigenvalue weighted by Crippen LogP contribution is 2.41. The van der Waals surface area contributed by atoms with Crippen LogP contribution in [-0.4, -0.2) is 39.9 Å². The van der Waals surface area contributed by atoms with Crippen LogP contribution in [0.25, 0.3) is 11.0 Å². The van der Waals surface area contributed by atoms with Crippen LogP contribution in [0.5, 0.6) is 5.75 Å². The van der Waals surface area contributed by atoms with Gasteiger partial charge in [0.05, 0.1) is 24.3 Å². The van der Waals surface area contributed by atoms with Gasteiger partial charge < -0.3 is 24.3 Å². The van der Waals surface area contributed by atoms with Gasteiger partial charge in [-0.3, -0.25) is 9.59 Å². The molecule has 2 heterocycles. The fourth-order valence-electron chi connectivity index (χ4n) is 4.42. The average Bonchev–Trinajstić information content (AvgIpc) is 3.43. The van der Waals surface area contributed by atoms with Gasteiger partial charge in [-0.1, -0.05) is 40.2 Å². The number of carboxylic acids is 1. The summed E-state index contributed by atoms with van der Waals surface area (Å²) in [5.74, 6) is -2.57. The number of benzene rings is 3. The van der Waals surface area contributed by atoms with Crippen LogP contribution in [-0.2, 0) is 11.3 Å². The molecule has 0 radical (unpaired) electrons. The number of carbonyl (C=O) groups excluding carboxylic acids is 2. The van der Waals surface area contributed by atoms with Gasteiger partial charge >= 0.3 is 5.97 Å². The Morgan fingerprint density at radius 3 is 2.51 bits per heavy atom. The Morgan fingerprint density at radius 2 is 1.81 bits per heavy atom. The lowest BCUT2D eigenvalue weighted by atomic mass is 9.94. The molecule has 1 aliphatic heterocycles.